The van der Waals surface area contributed by atoms with Gasteiger partial charge in [0, 0.05) is 29.5 Å². The van der Waals surface area contributed by atoms with Crippen LogP contribution in [0.15, 0.2) is 0 Å². The third kappa shape index (κ3) is 34.3. The molecule has 4 atom stereocenters. The molecule has 0 N–H and O–H groups in total. The molecular formula is C16H40O8P4Ti. The average molecular weight is 532 g/mol. The van der Waals surface area contributed by atoms with Gasteiger partial charge in [0.05, 0.1) is 0 Å². The van der Waals surface area contributed by atoms with Crippen LogP contribution in [-0.4, -0.2) is 49.3 Å². The zero-order chi connectivity index (χ0) is 24.3. The number of hydrogen-bond donors (Lipinski definition) is 0. The van der Waals surface area contributed by atoms with E-state index in [-0.39, 0.29) is 44.4 Å². The minimum atomic E-state index is -2.99. The zero-order valence-electron chi connectivity index (χ0n) is 19.9. The van der Waals surface area contributed by atoms with Gasteiger partial charge in [0.2, 0.25) is 0 Å². The van der Waals surface area contributed by atoms with Gasteiger partial charge in [-0.15, -0.1) is 0 Å². The molecule has 8 nitrogen and oxygen atoms in total. The Morgan fingerprint density at radius 2 is 0.448 bits per heavy atom. The second kappa shape index (κ2) is 17.0. The van der Waals surface area contributed by atoms with E-state index in [1.807, 2.05) is 0 Å². The largest absolute Gasteiger partial charge is 4.00 e. The molecule has 176 valence electrons. The predicted octanol–water partition coefficient (Wildman–Crippen LogP) is 2.65. The van der Waals surface area contributed by atoms with Crippen LogP contribution in [0.2, 0.25) is 0 Å². The topological polar surface area (TPSA) is 161 Å². The van der Waals surface area contributed by atoms with Gasteiger partial charge in [-0.25, -0.2) is 0 Å². The molecule has 0 aromatic heterocycles. The van der Waals surface area contributed by atoms with E-state index in [0.717, 1.165) is 0 Å². The molecule has 0 aliphatic carbocycles. The number of hydrogen-bond acceptors (Lipinski definition) is 8. The van der Waals surface area contributed by atoms with E-state index in [4.69, 9.17) is 0 Å². The molecule has 4 unspecified atom stereocenters. The number of rotatable bonds is 4. The summed E-state index contributed by atoms with van der Waals surface area (Å²) in [5.41, 5.74) is -0.806. The fourth-order valence-electron chi connectivity index (χ4n) is 0. The van der Waals surface area contributed by atoms with Gasteiger partial charge in [0.15, 0.2) is 0 Å². The van der Waals surface area contributed by atoms with Gasteiger partial charge in [0.25, 0.3) is 0 Å². The smallest absolute Gasteiger partial charge is 0.799 e. The molecule has 0 saturated heterocycles. The molecule has 0 bridgehead atoms. The molecule has 29 heavy (non-hydrogen) atoms. The second-order valence-electron chi connectivity index (χ2n) is 8.01. The molecule has 0 rings (SSSR count). The van der Waals surface area contributed by atoms with Crippen molar-refractivity contribution >= 4 is 29.5 Å². The van der Waals surface area contributed by atoms with Crippen molar-refractivity contribution in [1.29, 1.82) is 0 Å². The molecule has 0 spiro atoms. The van der Waals surface area contributed by atoms with Gasteiger partial charge < -0.3 is 37.8 Å². The fraction of sp³-hybridized carbons (Fsp3) is 1.00. The molecule has 0 aliphatic rings. The SMILES string of the molecule is CC(C)P(C)(=O)[O-].CC(C)P(C)(=O)[O-].CC(C)P(C)(=O)[O-].CC(C)P(C)(=O)[O-].[Ti+4]. The van der Waals surface area contributed by atoms with E-state index in [1.54, 1.807) is 55.4 Å². The van der Waals surface area contributed by atoms with Crippen molar-refractivity contribution in [1.82, 2.24) is 0 Å². The Morgan fingerprint density at radius 3 is 0.448 bits per heavy atom. The summed E-state index contributed by atoms with van der Waals surface area (Å²) in [7, 11) is -12.0. The van der Waals surface area contributed by atoms with E-state index in [0.29, 0.717) is 0 Å². The normalized spacial score (nSPS) is 18.9. The van der Waals surface area contributed by atoms with Crippen molar-refractivity contribution in [3.05, 3.63) is 0 Å². The van der Waals surface area contributed by atoms with E-state index in [1.165, 1.54) is 26.7 Å². The van der Waals surface area contributed by atoms with Crippen molar-refractivity contribution in [3.8, 4) is 0 Å². The molecule has 0 amide bonds. The second-order valence-corrected chi connectivity index (χ2v) is 19.4. The average Bonchev–Trinajstić information content (AvgIpc) is 2.35. The van der Waals surface area contributed by atoms with Gasteiger partial charge in [-0.3, -0.25) is 0 Å². The van der Waals surface area contributed by atoms with Gasteiger partial charge in [-0.1, -0.05) is 55.4 Å². The first-order chi connectivity index (χ1) is 11.8. The Kier molecular flexibility index (Phi) is 23.9. The van der Waals surface area contributed by atoms with Gasteiger partial charge in [-0.2, -0.15) is 0 Å². The van der Waals surface area contributed by atoms with Crippen LogP contribution in [0.25, 0.3) is 0 Å². The molecule has 0 aromatic carbocycles. The predicted molar refractivity (Wildman–Crippen MR) is 115 cm³/mol. The summed E-state index contributed by atoms with van der Waals surface area (Å²) in [5.74, 6) is 0. The summed E-state index contributed by atoms with van der Waals surface area (Å²) in [6, 6.07) is 0. The van der Waals surface area contributed by atoms with Crippen molar-refractivity contribution < 1.29 is 59.6 Å². The molecule has 0 saturated carbocycles. The van der Waals surface area contributed by atoms with Crippen LogP contribution in [0.3, 0.4) is 0 Å². The Hall–Kier alpha value is 1.47. The summed E-state index contributed by atoms with van der Waals surface area (Å²) in [5, 5.41) is 0. The standard InChI is InChI=1S/4C4H11O2P.Ti/c4*1-4(2)7(3,5)6;/h4*4H,1-3H3,(H,5,6);/q;;;;+4/p-4. The van der Waals surface area contributed by atoms with Crippen molar-refractivity contribution in [3.63, 3.8) is 0 Å². The third-order valence-electron chi connectivity index (χ3n) is 3.75. The maximum absolute atomic E-state index is 10.4. The van der Waals surface area contributed by atoms with E-state index in [9.17, 15) is 37.8 Å². The molecule has 0 fully saturated rings. The minimum absolute atomic E-state index is 0. The molecule has 0 aromatic rings. The van der Waals surface area contributed by atoms with Crippen molar-refractivity contribution in [2.24, 2.45) is 0 Å². The third-order valence-corrected chi connectivity index (χ3v) is 11.3. The summed E-state index contributed by atoms with van der Waals surface area (Å²) in [6.07, 6.45) is 0. The first-order valence-electron chi connectivity index (χ1n) is 8.90. The summed E-state index contributed by atoms with van der Waals surface area (Å²) < 4.78 is 41.4. The van der Waals surface area contributed by atoms with Crippen LogP contribution in [0, 0.1) is 0 Å². The summed E-state index contributed by atoms with van der Waals surface area (Å²) >= 11 is 0. The van der Waals surface area contributed by atoms with Crippen LogP contribution in [-0.2, 0) is 40.0 Å². The zero-order valence-corrected chi connectivity index (χ0v) is 25.0. The molecule has 0 aliphatic heterocycles. The minimum Gasteiger partial charge on any atom is -0.799 e. The Labute approximate surface area is 193 Å². The van der Waals surface area contributed by atoms with Gasteiger partial charge in [0.1, 0.15) is 0 Å². The van der Waals surface area contributed by atoms with Crippen LogP contribution in [0.1, 0.15) is 55.4 Å². The summed E-state index contributed by atoms with van der Waals surface area (Å²) in [4.78, 5) is 41.4. The first kappa shape index (κ1) is 40.8. The Balaban J connectivity index is -0.0000000873. The van der Waals surface area contributed by atoms with E-state index in [2.05, 4.69) is 0 Å². The first-order valence-corrected chi connectivity index (χ1v) is 17.5. The van der Waals surface area contributed by atoms with Crippen LogP contribution >= 0.6 is 29.5 Å². The van der Waals surface area contributed by atoms with Crippen LogP contribution in [0.4, 0.5) is 0 Å². The maximum Gasteiger partial charge on any atom is 4.00 e. The molecule has 0 radical (unpaired) electrons. The molecule has 0 heterocycles. The maximum atomic E-state index is 10.4. The van der Waals surface area contributed by atoms with Gasteiger partial charge >= 0.3 is 21.7 Å². The quantitative estimate of drug-likeness (QED) is 0.395. The Morgan fingerprint density at radius 1 is 0.414 bits per heavy atom. The fourth-order valence-corrected chi connectivity index (χ4v) is 0. The Bertz CT molecular complexity index is 478. The van der Waals surface area contributed by atoms with Crippen molar-refractivity contribution in [2.75, 3.05) is 26.7 Å². The monoisotopic (exact) mass is 532 g/mol. The van der Waals surface area contributed by atoms with Gasteiger partial charge in [-0.05, 0) is 49.3 Å². The summed E-state index contributed by atoms with van der Waals surface area (Å²) in [6.45, 7) is 18.4. The van der Waals surface area contributed by atoms with Crippen molar-refractivity contribution in [2.45, 2.75) is 78.0 Å². The van der Waals surface area contributed by atoms with Crippen LogP contribution < -0.4 is 19.6 Å². The van der Waals surface area contributed by atoms with E-state index < -0.39 is 29.5 Å². The van der Waals surface area contributed by atoms with E-state index >= 15 is 0 Å². The molecular weight excluding hydrogens is 492 g/mol. The molecule has 13 heteroatoms. The van der Waals surface area contributed by atoms with Crippen LogP contribution in [0.5, 0.6) is 0 Å².